The maximum Gasteiger partial charge on any atom is 0.407 e. The second-order valence-electron chi connectivity index (χ2n) is 6.55. The van der Waals surface area contributed by atoms with Gasteiger partial charge >= 0.3 is 12.7 Å². The van der Waals surface area contributed by atoms with E-state index in [9.17, 15) is 13.6 Å². The zero-order chi connectivity index (χ0) is 21.8. The number of amides is 1. The molecule has 8 nitrogen and oxygen atoms in total. The molecule has 1 saturated heterocycles. The number of carbonyl (C=O) groups is 1. The lowest BCUT2D eigenvalue weighted by atomic mass is 10.1. The molecule has 1 atom stereocenters. The third-order valence-electron chi connectivity index (χ3n) is 4.57. The number of halogens is 4. The van der Waals surface area contributed by atoms with Crippen molar-refractivity contribution in [2.45, 2.75) is 19.6 Å². The monoisotopic (exact) mass is 461 g/mol. The molecule has 1 aromatic heterocycles. The molecule has 0 spiro atoms. The van der Waals surface area contributed by atoms with Crippen LogP contribution >= 0.6 is 23.2 Å². The Labute approximate surface area is 181 Å². The summed E-state index contributed by atoms with van der Waals surface area (Å²) in [5.41, 5.74) is 0.694. The van der Waals surface area contributed by atoms with Crippen molar-refractivity contribution in [2.24, 2.45) is 0 Å². The largest absolute Gasteiger partial charge is 0.465 e. The molecule has 1 fully saturated rings. The Morgan fingerprint density at radius 2 is 1.97 bits per heavy atom. The molecule has 3 rings (SSSR count). The van der Waals surface area contributed by atoms with Crippen molar-refractivity contribution in [1.29, 1.82) is 0 Å². The summed E-state index contributed by atoms with van der Waals surface area (Å²) in [5.74, 6) is 0.132. The highest BCUT2D eigenvalue weighted by molar-refractivity contribution is 6.35. The number of rotatable bonds is 6. The summed E-state index contributed by atoms with van der Waals surface area (Å²) in [7, 11) is 0. The van der Waals surface area contributed by atoms with E-state index in [1.807, 2.05) is 0 Å². The first-order valence-electron chi connectivity index (χ1n) is 9.00. The summed E-state index contributed by atoms with van der Waals surface area (Å²) < 4.78 is 30.2. The van der Waals surface area contributed by atoms with E-state index in [1.165, 1.54) is 4.90 Å². The molecule has 1 amide bonds. The van der Waals surface area contributed by atoms with Crippen LogP contribution in [0, 0.1) is 0 Å². The Morgan fingerprint density at radius 3 is 2.57 bits per heavy atom. The Balaban J connectivity index is 1.83. The predicted molar refractivity (Wildman–Crippen MR) is 109 cm³/mol. The standard InChI is InChI=1S/C18H19Cl2F2N5O3/c1-10(12-3-2-11(19)8-13(12)20)24-15-14(30-16(21)22)9-23-17(25-15)26-4-6-27(7-5-26)18(28)29/h2-3,8-10,16H,4-7H2,1H3,(H,28,29)(H,23,24,25). The van der Waals surface area contributed by atoms with E-state index in [1.54, 1.807) is 30.0 Å². The number of carboxylic acid groups (broad SMARTS) is 1. The fourth-order valence-electron chi connectivity index (χ4n) is 3.03. The van der Waals surface area contributed by atoms with Gasteiger partial charge in [0.05, 0.1) is 12.2 Å². The molecule has 2 aromatic rings. The zero-order valence-electron chi connectivity index (χ0n) is 15.9. The molecule has 0 bridgehead atoms. The van der Waals surface area contributed by atoms with E-state index in [0.717, 1.165) is 6.20 Å². The Hall–Kier alpha value is -2.59. The van der Waals surface area contributed by atoms with Crippen LogP contribution < -0.4 is 15.0 Å². The minimum Gasteiger partial charge on any atom is -0.465 e. The molecule has 12 heteroatoms. The number of piperazine rings is 1. The van der Waals surface area contributed by atoms with E-state index < -0.39 is 18.7 Å². The van der Waals surface area contributed by atoms with E-state index in [0.29, 0.717) is 28.7 Å². The predicted octanol–water partition coefficient (Wildman–Crippen LogP) is 4.36. The highest BCUT2D eigenvalue weighted by Crippen LogP contribution is 2.32. The van der Waals surface area contributed by atoms with Gasteiger partial charge in [-0.05, 0) is 24.6 Å². The van der Waals surface area contributed by atoms with Crippen molar-refractivity contribution in [1.82, 2.24) is 14.9 Å². The number of nitrogens with one attached hydrogen (secondary N) is 1. The van der Waals surface area contributed by atoms with Gasteiger partial charge < -0.3 is 25.0 Å². The van der Waals surface area contributed by atoms with E-state index >= 15 is 0 Å². The average molecular weight is 462 g/mol. The summed E-state index contributed by atoms with van der Waals surface area (Å²) in [6.07, 6.45) is 0.170. The van der Waals surface area contributed by atoms with Crippen LogP contribution in [0.25, 0.3) is 0 Å². The van der Waals surface area contributed by atoms with Gasteiger partial charge in [-0.15, -0.1) is 0 Å². The van der Waals surface area contributed by atoms with Crippen LogP contribution in [0.15, 0.2) is 24.4 Å². The number of anilines is 2. The van der Waals surface area contributed by atoms with Crippen molar-refractivity contribution in [3.8, 4) is 5.75 Å². The van der Waals surface area contributed by atoms with E-state index in [2.05, 4.69) is 20.0 Å². The third-order valence-corrected chi connectivity index (χ3v) is 5.14. The first kappa shape index (κ1) is 22.1. The molecule has 162 valence electrons. The molecular formula is C18H19Cl2F2N5O3. The number of aromatic nitrogens is 2. The fraction of sp³-hybridized carbons (Fsp3) is 0.389. The lowest BCUT2D eigenvalue weighted by Crippen LogP contribution is -2.48. The molecular weight excluding hydrogens is 443 g/mol. The van der Waals surface area contributed by atoms with E-state index in [-0.39, 0.29) is 30.6 Å². The number of nitrogens with zero attached hydrogens (tertiary/aromatic N) is 4. The minimum atomic E-state index is -3.05. The number of hydrogen-bond donors (Lipinski definition) is 2. The molecule has 1 aliphatic heterocycles. The van der Waals surface area contributed by atoms with Gasteiger partial charge in [0, 0.05) is 36.2 Å². The number of benzene rings is 1. The van der Waals surface area contributed by atoms with Crippen LogP contribution in [-0.4, -0.2) is 58.9 Å². The van der Waals surface area contributed by atoms with Gasteiger partial charge in [-0.25, -0.2) is 9.78 Å². The smallest absolute Gasteiger partial charge is 0.407 e. The summed E-state index contributed by atoms with van der Waals surface area (Å²) in [6.45, 7) is 0.0580. The maximum atomic E-state index is 12.8. The summed E-state index contributed by atoms with van der Waals surface area (Å²) in [4.78, 5) is 22.6. The molecule has 1 unspecified atom stereocenters. The Bertz CT molecular complexity index is 913. The molecule has 1 aliphatic rings. The molecule has 0 radical (unpaired) electrons. The summed E-state index contributed by atoms with van der Waals surface area (Å²) >= 11 is 12.2. The van der Waals surface area contributed by atoms with Crippen LogP contribution in [0.5, 0.6) is 5.75 Å². The highest BCUT2D eigenvalue weighted by atomic mass is 35.5. The van der Waals surface area contributed by atoms with Gasteiger partial charge in [-0.2, -0.15) is 13.8 Å². The number of alkyl halides is 2. The lowest BCUT2D eigenvalue weighted by molar-refractivity contribution is -0.0498. The molecule has 2 heterocycles. The van der Waals surface area contributed by atoms with Crippen LogP contribution in [0.3, 0.4) is 0 Å². The zero-order valence-corrected chi connectivity index (χ0v) is 17.4. The first-order valence-corrected chi connectivity index (χ1v) is 9.76. The molecule has 0 aliphatic carbocycles. The summed E-state index contributed by atoms with van der Waals surface area (Å²) in [5, 5.41) is 13.0. The van der Waals surface area contributed by atoms with Crippen molar-refractivity contribution in [3.05, 3.63) is 40.0 Å². The van der Waals surface area contributed by atoms with Crippen LogP contribution in [0.2, 0.25) is 10.0 Å². The quantitative estimate of drug-likeness (QED) is 0.660. The number of ether oxygens (including phenoxy) is 1. The van der Waals surface area contributed by atoms with Crippen LogP contribution in [0.4, 0.5) is 25.3 Å². The van der Waals surface area contributed by atoms with E-state index in [4.69, 9.17) is 28.3 Å². The van der Waals surface area contributed by atoms with Crippen molar-refractivity contribution in [2.75, 3.05) is 36.4 Å². The second kappa shape index (κ2) is 9.48. The molecule has 2 N–H and O–H groups in total. The van der Waals surface area contributed by atoms with Gasteiger partial charge in [0.15, 0.2) is 11.6 Å². The highest BCUT2D eigenvalue weighted by Gasteiger charge is 2.24. The summed E-state index contributed by atoms with van der Waals surface area (Å²) in [6, 6.07) is 4.58. The van der Waals surface area contributed by atoms with Gasteiger partial charge in [-0.3, -0.25) is 0 Å². The first-order chi connectivity index (χ1) is 14.2. The maximum absolute atomic E-state index is 12.8. The fourth-order valence-corrected chi connectivity index (χ4v) is 3.60. The molecule has 30 heavy (non-hydrogen) atoms. The SMILES string of the molecule is CC(Nc1nc(N2CCN(C(=O)O)CC2)ncc1OC(F)F)c1ccc(Cl)cc1Cl. The van der Waals surface area contributed by atoms with Gasteiger partial charge in [0.2, 0.25) is 5.95 Å². The topological polar surface area (TPSA) is 90.8 Å². The minimum absolute atomic E-state index is 0.0690. The van der Waals surface area contributed by atoms with Gasteiger partial charge in [0.25, 0.3) is 0 Å². The normalized spacial score (nSPS) is 15.3. The van der Waals surface area contributed by atoms with Crippen molar-refractivity contribution >= 4 is 41.1 Å². The van der Waals surface area contributed by atoms with Crippen molar-refractivity contribution < 1.29 is 23.4 Å². The third kappa shape index (κ3) is 5.31. The Kier molecular flexibility index (Phi) is 6.99. The van der Waals surface area contributed by atoms with Crippen LogP contribution in [0.1, 0.15) is 18.5 Å². The number of hydrogen-bond acceptors (Lipinski definition) is 6. The van der Waals surface area contributed by atoms with Gasteiger partial charge in [0.1, 0.15) is 0 Å². The average Bonchev–Trinajstić information content (AvgIpc) is 2.69. The van der Waals surface area contributed by atoms with Crippen LogP contribution in [-0.2, 0) is 0 Å². The molecule has 1 aromatic carbocycles. The van der Waals surface area contributed by atoms with Crippen molar-refractivity contribution in [3.63, 3.8) is 0 Å². The lowest BCUT2D eigenvalue weighted by Gasteiger charge is -2.33. The Morgan fingerprint density at radius 1 is 1.27 bits per heavy atom. The molecule has 0 saturated carbocycles. The van der Waals surface area contributed by atoms with Gasteiger partial charge in [-0.1, -0.05) is 29.3 Å². The second-order valence-corrected chi connectivity index (χ2v) is 7.39.